The van der Waals surface area contributed by atoms with Crippen LogP contribution in [-0.4, -0.2) is 45.2 Å². The normalized spacial score (nSPS) is 14.1. The Labute approximate surface area is 122 Å². The molecule has 0 saturated heterocycles. The number of nitrogens with one attached hydrogen (secondary N) is 1. The zero-order chi connectivity index (χ0) is 15.2. The average molecular weight is 278 g/mol. The fourth-order valence-corrected chi connectivity index (χ4v) is 2.27. The number of likely N-dealkylation sites (N-methyl/N-ethyl adjacent to an activating group) is 1. The van der Waals surface area contributed by atoms with Gasteiger partial charge in [0.15, 0.2) is 0 Å². The quantitative estimate of drug-likeness (QED) is 0.774. The van der Waals surface area contributed by atoms with Gasteiger partial charge in [0.1, 0.15) is 5.54 Å². The number of hydrogen-bond donors (Lipinski definition) is 1. The highest BCUT2D eigenvalue weighted by Crippen LogP contribution is 2.27. The summed E-state index contributed by atoms with van der Waals surface area (Å²) < 4.78 is 5.03. The Morgan fingerprint density at radius 1 is 1.30 bits per heavy atom. The standard InChI is InChI=1S/C16H26N2O2/c1-6-16(15(19)20-5,17-11-12-18(3)4)14-9-7-13(2)8-10-14/h7-10,17H,6,11-12H2,1-5H3. The van der Waals surface area contributed by atoms with Crippen LogP contribution in [0.4, 0.5) is 0 Å². The van der Waals surface area contributed by atoms with E-state index in [2.05, 4.69) is 10.2 Å². The molecule has 1 atom stereocenters. The van der Waals surface area contributed by atoms with E-state index in [4.69, 9.17) is 4.74 Å². The van der Waals surface area contributed by atoms with Gasteiger partial charge in [0.25, 0.3) is 0 Å². The van der Waals surface area contributed by atoms with E-state index in [1.807, 2.05) is 52.2 Å². The molecule has 0 fully saturated rings. The van der Waals surface area contributed by atoms with Gasteiger partial charge < -0.3 is 9.64 Å². The maximum absolute atomic E-state index is 12.3. The number of carbonyl (C=O) groups excluding carboxylic acids is 1. The predicted octanol–water partition coefficient (Wildman–Crippen LogP) is 1.92. The highest BCUT2D eigenvalue weighted by atomic mass is 16.5. The van der Waals surface area contributed by atoms with Crippen molar-refractivity contribution in [2.75, 3.05) is 34.3 Å². The monoisotopic (exact) mass is 278 g/mol. The smallest absolute Gasteiger partial charge is 0.330 e. The van der Waals surface area contributed by atoms with Gasteiger partial charge in [0.05, 0.1) is 7.11 Å². The lowest BCUT2D eigenvalue weighted by Gasteiger charge is -2.32. The van der Waals surface area contributed by atoms with Crippen molar-refractivity contribution in [3.8, 4) is 0 Å². The molecule has 1 N–H and O–H groups in total. The van der Waals surface area contributed by atoms with E-state index in [-0.39, 0.29) is 5.97 Å². The average Bonchev–Trinajstić information content (AvgIpc) is 2.44. The minimum absolute atomic E-state index is 0.234. The third-order valence-electron chi connectivity index (χ3n) is 3.59. The van der Waals surface area contributed by atoms with Gasteiger partial charge in [-0.3, -0.25) is 5.32 Å². The number of ether oxygens (including phenoxy) is 1. The second kappa shape index (κ2) is 7.41. The van der Waals surface area contributed by atoms with E-state index in [0.717, 1.165) is 18.7 Å². The molecule has 112 valence electrons. The van der Waals surface area contributed by atoms with Gasteiger partial charge in [-0.2, -0.15) is 0 Å². The van der Waals surface area contributed by atoms with Crippen molar-refractivity contribution >= 4 is 5.97 Å². The minimum atomic E-state index is -0.765. The topological polar surface area (TPSA) is 41.6 Å². The summed E-state index contributed by atoms with van der Waals surface area (Å²) in [5.41, 5.74) is 1.37. The highest BCUT2D eigenvalue weighted by Gasteiger charge is 2.39. The van der Waals surface area contributed by atoms with Gasteiger partial charge in [0, 0.05) is 13.1 Å². The molecule has 0 amide bonds. The Morgan fingerprint density at radius 2 is 1.90 bits per heavy atom. The predicted molar refractivity (Wildman–Crippen MR) is 81.7 cm³/mol. The van der Waals surface area contributed by atoms with Crippen LogP contribution in [0.3, 0.4) is 0 Å². The Balaban J connectivity index is 3.04. The summed E-state index contributed by atoms with van der Waals surface area (Å²) in [6, 6.07) is 8.05. The number of methoxy groups -OCH3 is 1. The Morgan fingerprint density at radius 3 is 2.35 bits per heavy atom. The van der Waals surface area contributed by atoms with Crippen LogP contribution in [-0.2, 0) is 15.1 Å². The van der Waals surface area contributed by atoms with E-state index in [1.54, 1.807) is 0 Å². The Kier molecular flexibility index (Phi) is 6.17. The molecule has 0 radical (unpaired) electrons. The zero-order valence-electron chi connectivity index (χ0n) is 13.2. The van der Waals surface area contributed by atoms with Gasteiger partial charge in [-0.1, -0.05) is 36.8 Å². The first kappa shape index (κ1) is 16.7. The molecular weight excluding hydrogens is 252 g/mol. The molecule has 1 aromatic carbocycles. The number of nitrogens with zero attached hydrogens (tertiary/aromatic N) is 1. The lowest BCUT2D eigenvalue weighted by Crippen LogP contribution is -2.51. The van der Waals surface area contributed by atoms with Gasteiger partial charge >= 0.3 is 5.97 Å². The van der Waals surface area contributed by atoms with Crippen LogP contribution < -0.4 is 5.32 Å². The number of rotatable bonds is 7. The van der Waals surface area contributed by atoms with Crippen LogP contribution in [0.5, 0.6) is 0 Å². The number of carbonyl (C=O) groups is 1. The molecule has 20 heavy (non-hydrogen) atoms. The highest BCUT2D eigenvalue weighted by molar-refractivity contribution is 5.82. The van der Waals surface area contributed by atoms with Crippen molar-refractivity contribution in [3.05, 3.63) is 35.4 Å². The van der Waals surface area contributed by atoms with Gasteiger partial charge in [0.2, 0.25) is 0 Å². The van der Waals surface area contributed by atoms with E-state index in [9.17, 15) is 4.79 Å². The first-order valence-corrected chi connectivity index (χ1v) is 7.01. The fraction of sp³-hybridized carbons (Fsp3) is 0.562. The van der Waals surface area contributed by atoms with E-state index < -0.39 is 5.54 Å². The molecule has 0 aliphatic carbocycles. The molecule has 0 aliphatic heterocycles. The molecule has 4 heteroatoms. The second-order valence-electron chi connectivity index (χ2n) is 5.35. The molecular formula is C16H26N2O2. The molecule has 1 aromatic rings. The van der Waals surface area contributed by atoms with Crippen LogP contribution in [0.15, 0.2) is 24.3 Å². The van der Waals surface area contributed by atoms with Crippen molar-refractivity contribution < 1.29 is 9.53 Å². The summed E-state index contributed by atoms with van der Waals surface area (Å²) in [4.78, 5) is 14.4. The van der Waals surface area contributed by atoms with Crippen LogP contribution in [0.1, 0.15) is 24.5 Å². The molecule has 0 saturated carbocycles. The lowest BCUT2D eigenvalue weighted by atomic mass is 9.86. The molecule has 0 heterocycles. The van der Waals surface area contributed by atoms with Gasteiger partial charge in [-0.15, -0.1) is 0 Å². The van der Waals surface area contributed by atoms with Crippen molar-refractivity contribution in [3.63, 3.8) is 0 Å². The largest absolute Gasteiger partial charge is 0.467 e. The summed E-state index contributed by atoms with van der Waals surface area (Å²) in [6.07, 6.45) is 0.649. The second-order valence-corrected chi connectivity index (χ2v) is 5.35. The summed E-state index contributed by atoms with van der Waals surface area (Å²) in [6.45, 7) is 5.63. The lowest BCUT2D eigenvalue weighted by molar-refractivity contribution is -0.149. The van der Waals surface area contributed by atoms with Crippen molar-refractivity contribution in [2.24, 2.45) is 0 Å². The van der Waals surface area contributed by atoms with Crippen LogP contribution in [0, 0.1) is 6.92 Å². The zero-order valence-corrected chi connectivity index (χ0v) is 13.2. The maximum Gasteiger partial charge on any atom is 0.330 e. The minimum Gasteiger partial charge on any atom is -0.467 e. The number of hydrogen-bond acceptors (Lipinski definition) is 4. The maximum atomic E-state index is 12.3. The molecule has 1 unspecified atom stereocenters. The number of esters is 1. The van der Waals surface area contributed by atoms with E-state index in [0.29, 0.717) is 6.42 Å². The van der Waals surface area contributed by atoms with Crippen molar-refractivity contribution in [2.45, 2.75) is 25.8 Å². The third kappa shape index (κ3) is 3.81. The Hall–Kier alpha value is -1.39. The summed E-state index contributed by atoms with van der Waals surface area (Å²) in [7, 11) is 5.47. The van der Waals surface area contributed by atoms with Crippen LogP contribution >= 0.6 is 0 Å². The van der Waals surface area contributed by atoms with Crippen LogP contribution in [0.2, 0.25) is 0 Å². The van der Waals surface area contributed by atoms with Gasteiger partial charge in [-0.25, -0.2) is 4.79 Å². The molecule has 0 bridgehead atoms. The molecule has 1 rings (SSSR count). The SMILES string of the molecule is CCC(NCCN(C)C)(C(=O)OC)c1ccc(C)cc1. The number of aryl methyl sites for hydroxylation is 1. The first-order chi connectivity index (χ1) is 9.46. The third-order valence-corrected chi connectivity index (χ3v) is 3.59. The Bertz CT molecular complexity index is 429. The van der Waals surface area contributed by atoms with Crippen molar-refractivity contribution in [1.29, 1.82) is 0 Å². The van der Waals surface area contributed by atoms with Crippen LogP contribution in [0.25, 0.3) is 0 Å². The van der Waals surface area contributed by atoms with Gasteiger partial charge in [-0.05, 0) is 33.0 Å². The molecule has 0 aliphatic rings. The number of benzene rings is 1. The van der Waals surface area contributed by atoms with Crippen molar-refractivity contribution in [1.82, 2.24) is 10.2 Å². The molecule has 0 spiro atoms. The molecule has 4 nitrogen and oxygen atoms in total. The fourth-order valence-electron chi connectivity index (χ4n) is 2.27. The van der Waals surface area contributed by atoms with E-state index >= 15 is 0 Å². The summed E-state index contributed by atoms with van der Waals surface area (Å²) in [5, 5.41) is 3.38. The summed E-state index contributed by atoms with van der Waals surface area (Å²) in [5.74, 6) is -0.234. The summed E-state index contributed by atoms with van der Waals surface area (Å²) >= 11 is 0. The van der Waals surface area contributed by atoms with E-state index in [1.165, 1.54) is 12.7 Å². The first-order valence-electron chi connectivity index (χ1n) is 7.01. The molecule has 0 aromatic heterocycles.